The van der Waals surface area contributed by atoms with Gasteiger partial charge in [0.15, 0.2) is 0 Å². The van der Waals surface area contributed by atoms with Crippen LogP contribution >= 0.6 is 0 Å². The highest BCUT2D eigenvalue weighted by atomic mass is 16.3. The first-order valence-corrected chi connectivity index (χ1v) is 5.60. The van der Waals surface area contributed by atoms with Crippen LogP contribution in [0, 0.1) is 11.8 Å². The van der Waals surface area contributed by atoms with E-state index in [0.717, 1.165) is 12.8 Å². The van der Waals surface area contributed by atoms with Crippen molar-refractivity contribution in [3.8, 4) is 0 Å². The van der Waals surface area contributed by atoms with E-state index < -0.39 is 5.60 Å². The molecule has 0 saturated carbocycles. The van der Waals surface area contributed by atoms with Crippen molar-refractivity contribution in [2.75, 3.05) is 0 Å². The van der Waals surface area contributed by atoms with Crippen molar-refractivity contribution >= 4 is 5.78 Å². The molecule has 0 radical (unpaired) electrons. The average molecular weight is 200 g/mol. The molecule has 0 aliphatic rings. The van der Waals surface area contributed by atoms with Crippen molar-refractivity contribution in [1.29, 1.82) is 0 Å². The Bertz CT molecular complexity index is 185. The zero-order valence-electron chi connectivity index (χ0n) is 10.1. The molecule has 0 heterocycles. The zero-order chi connectivity index (χ0) is 11.4. The topological polar surface area (TPSA) is 37.3 Å². The number of hydrogen-bond acceptors (Lipinski definition) is 2. The lowest BCUT2D eigenvalue weighted by molar-refractivity contribution is -0.128. The summed E-state index contributed by atoms with van der Waals surface area (Å²) >= 11 is 0. The van der Waals surface area contributed by atoms with E-state index >= 15 is 0 Å². The second-order valence-electron chi connectivity index (χ2n) is 4.62. The van der Waals surface area contributed by atoms with E-state index in [1.807, 2.05) is 27.7 Å². The second kappa shape index (κ2) is 5.50. The first-order valence-electron chi connectivity index (χ1n) is 5.60. The molecule has 3 atom stereocenters. The molecule has 14 heavy (non-hydrogen) atoms. The average Bonchev–Trinajstić information content (AvgIpc) is 2.14. The largest absolute Gasteiger partial charge is 0.389 e. The molecule has 0 fully saturated rings. The maximum Gasteiger partial charge on any atom is 0.138 e. The Morgan fingerprint density at radius 2 is 1.79 bits per heavy atom. The van der Waals surface area contributed by atoms with E-state index in [9.17, 15) is 9.90 Å². The van der Waals surface area contributed by atoms with Gasteiger partial charge in [0.05, 0.1) is 5.60 Å². The van der Waals surface area contributed by atoms with Gasteiger partial charge in [-0.05, 0) is 19.3 Å². The summed E-state index contributed by atoms with van der Waals surface area (Å²) in [6, 6.07) is 0. The molecule has 0 spiro atoms. The highest BCUT2D eigenvalue weighted by Crippen LogP contribution is 2.25. The van der Waals surface area contributed by atoms with Crippen molar-refractivity contribution in [1.82, 2.24) is 0 Å². The van der Waals surface area contributed by atoms with E-state index in [2.05, 4.69) is 0 Å². The summed E-state index contributed by atoms with van der Waals surface area (Å²) in [7, 11) is 0. The molecular weight excluding hydrogens is 176 g/mol. The van der Waals surface area contributed by atoms with E-state index in [1.54, 1.807) is 6.92 Å². The summed E-state index contributed by atoms with van der Waals surface area (Å²) in [6.45, 7) is 9.72. The fraction of sp³-hybridized carbons (Fsp3) is 0.917. The molecule has 3 unspecified atom stereocenters. The van der Waals surface area contributed by atoms with Gasteiger partial charge in [0, 0.05) is 12.3 Å². The molecule has 0 aromatic heterocycles. The number of ketones is 1. The molecule has 2 heteroatoms. The summed E-state index contributed by atoms with van der Waals surface area (Å²) in [6.07, 6.45) is 2.05. The van der Waals surface area contributed by atoms with E-state index in [0.29, 0.717) is 0 Å². The van der Waals surface area contributed by atoms with Gasteiger partial charge in [-0.15, -0.1) is 0 Å². The zero-order valence-corrected chi connectivity index (χ0v) is 10.1. The van der Waals surface area contributed by atoms with Crippen molar-refractivity contribution in [2.45, 2.75) is 59.5 Å². The molecule has 0 rings (SSSR count). The van der Waals surface area contributed by atoms with Gasteiger partial charge in [0.2, 0.25) is 0 Å². The standard InChI is InChI=1S/C12H24O2/c1-6-9(3)11(13)8-12(5,14)10(4)7-2/h9-10,14H,6-8H2,1-5H3. The number of Topliss-reactive ketones (excluding diaryl/α,β-unsaturated/α-hetero) is 1. The second-order valence-corrected chi connectivity index (χ2v) is 4.62. The number of carbonyl (C=O) groups excluding carboxylic acids is 1. The molecule has 0 aromatic carbocycles. The first-order chi connectivity index (χ1) is 6.35. The molecule has 0 saturated heterocycles. The minimum absolute atomic E-state index is 0.0746. The van der Waals surface area contributed by atoms with Crippen LogP contribution in [0.5, 0.6) is 0 Å². The van der Waals surface area contributed by atoms with Crippen LogP contribution < -0.4 is 0 Å². The van der Waals surface area contributed by atoms with Gasteiger partial charge >= 0.3 is 0 Å². The Hall–Kier alpha value is -0.370. The lowest BCUT2D eigenvalue weighted by Crippen LogP contribution is -2.36. The monoisotopic (exact) mass is 200 g/mol. The normalized spacial score (nSPS) is 19.9. The third-order valence-electron chi connectivity index (χ3n) is 3.37. The predicted octanol–water partition coefficient (Wildman–Crippen LogP) is 2.79. The Morgan fingerprint density at radius 1 is 1.29 bits per heavy atom. The van der Waals surface area contributed by atoms with Crippen LogP contribution in [0.2, 0.25) is 0 Å². The van der Waals surface area contributed by atoms with Crippen LogP contribution in [0.1, 0.15) is 53.9 Å². The Balaban J connectivity index is 4.28. The van der Waals surface area contributed by atoms with E-state index in [4.69, 9.17) is 0 Å². The number of hydrogen-bond donors (Lipinski definition) is 1. The fourth-order valence-corrected chi connectivity index (χ4v) is 1.37. The SMILES string of the molecule is CCC(C)C(=O)CC(C)(O)C(C)CC. The molecule has 1 N–H and O–H groups in total. The highest BCUT2D eigenvalue weighted by Gasteiger charge is 2.30. The number of carbonyl (C=O) groups is 1. The Kier molecular flexibility index (Phi) is 5.35. The molecule has 0 aliphatic carbocycles. The first kappa shape index (κ1) is 13.6. The summed E-state index contributed by atoms with van der Waals surface area (Å²) in [5.74, 6) is 0.429. The fourth-order valence-electron chi connectivity index (χ4n) is 1.37. The number of aliphatic hydroxyl groups is 1. The maximum atomic E-state index is 11.7. The molecule has 0 bridgehead atoms. The predicted molar refractivity (Wildman–Crippen MR) is 59.2 cm³/mol. The van der Waals surface area contributed by atoms with Gasteiger partial charge < -0.3 is 5.11 Å². The number of rotatable bonds is 6. The van der Waals surface area contributed by atoms with Crippen molar-refractivity contribution < 1.29 is 9.90 Å². The summed E-state index contributed by atoms with van der Waals surface area (Å²) in [5, 5.41) is 10.1. The van der Waals surface area contributed by atoms with Crippen LogP contribution in [-0.2, 0) is 4.79 Å². The lowest BCUT2D eigenvalue weighted by Gasteiger charge is -2.29. The molecule has 84 valence electrons. The quantitative estimate of drug-likeness (QED) is 0.716. The van der Waals surface area contributed by atoms with Gasteiger partial charge in [-0.3, -0.25) is 4.79 Å². The van der Waals surface area contributed by atoms with Crippen LogP contribution in [-0.4, -0.2) is 16.5 Å². The van der Waals surface area contributed by atoms with Crippen molar-refractivity contribution in [3.05, 3.63) is 0 Å². The summed E-state index contributed by atoms with van der Waals surface area (Å²) in [5.41, 5.74) is -0.838. The molecule has 2 nitrogen and oxygen atoms in total. The summed E-state index contributed by atoms with van der Waals surface area (Å²) in [4.78, 5) is 11.7. The van der Waals surface area contributed by atoms with Gasteiger partial charge in [-0.2, -0.15) is 0 Å². The minimum atomic E-state index is -0.838. The van der Waals surface area contributed by atoms with E-state index in [1.165, 1.54) is 0 Å². The molecule has 0 aromatic rings. The third-order valence-corrected chi connectivity index (χ3v) is 3.37. The van der Waals surface area contributed by atoms with E-state index in [-0.39, 0.29) is 24.0 Å². The smallest absolute Gasteiger partial charge is 0.138 e. The minimum Gasteiger partial charge on any atom is -0.389 e. The van der Waals surface area contributed by atoms with Gasteiger partial charge in [0.1, 0.15) is 5.78 Å². The Morgan fingerprint density at radius 3 is 2.14 bits per heavy atom. The molecular formula is C12H24O2. The Labute approximate surface area is 87.7 Å². The highest BCUT2D eigenvalue weighted by molar-refractivity contribution is 5.81. The maximum absolute atomic E-state index is 11.7. The van der Waals surface area contributed by atoms with Gasteiger partial charge in [-0.1, -0.05) is 34.1 Å². The van der Waals surface area contributed by atoms with Crippen molar-refractivity contribution in [2.24, 2.45) is 11.8 Å². The van der Waals surface area contributed by atoms with Crippen LogP contribution in [0.25, 0.3) is 0 Å². The lowest BCUT2D eigenvalue weighted by atomic mass is 9.82. The van der Waals surface area contributed by atoms with Crippen LogP contribution in [0.3, 0.4) is 0 Å². The van der Waals surface area contributed by atoms with Crippen molar-refractivity contribution in [3.63, 3.8) is 0 Å². The van der Waals surface area contributed by atoms with Gasteiger partial charge in [-0.25, -0.2) is 0 Å². The van der Waals surface area contributed by atoms with Crippen LogP contribution in [0.4, 0.5) is 0 Å². The third kappa shape index (κ3) is 3.79. The van der Waals surface area contributed by atoms with Gasteiger partial charge in [0.25, 0.3) is 0 Å². The van der Waals surface area contributed by atoms with Crippen LogP contribution in [0.15, 0.2) is 0 Å². The summed E-state index contributed by atoms with van der Waals surface area (Å²) < 4.78 is 0. The molecule has 0 aliphatic heterocycles. The molecule has 0 amide bonds.